The first kappa shape index (κ1) is 16.3. The summed E-state index contributed by atoms with van der Waals surface area (Å²) in [5, 5.41) is 4.06. The monoisotopic (exact) mass is 397 g/mol. The van der Waals surface area contributed by atoms with Gasteiger partial charge in [-0.05, 0) is 34.1 Å². The summed E-state index contributed by atoms with van der Waals surface area (Å²) in [4.78, 5) is 16.4. The maximum absolute atomic E-state index is 12.4. The maximum Gasteiger partial charge on any atom is 0.387 e. The molecular weight excluding hydrogens is 388 g/mol. The second-order valence-electron chi connectivity index (χ2n) is 4.65. The smallest absolute Gasteiger partial charge is 0.387 e. The van der Waals surface area contributed by atoms with E-state index in [1.54, 1.807) is 12.1 Å². The largest absolute Gasteiger partial charge is 0.464 e. The number of carbonyl (C=O) groups excluding carboxylic acids is 1. The molecule has 0 aliphatic heterocycles. The first-order valence-corrected chi connectivity index (χ1v) is 7.46. The van der Waals surface area contributed by atoms with Gasteiger partial charge >= 0.3 is 12.6 Å². The number of ether oxygens (including phenoxy) is 2. The van der Waals surface area contributed by atoms with Crippen molar-refractivity contribution in [1.82, 2.24) is 14.6 Å². The van der Waals surface area contributed by atoms with E-state index in [1.165, 1.54) is 36.0 Å². The molecule has 0 fully saturated rings. The molecule has 0 amide bonds. The average Bonchev–Trinajstić information content (AvgIpc) is 2.94. The molecule has 0 unspecified atom stereocenters. The van der Waals surface area contributed by atoms with Crippen molar-refractivity contribution < 1.29 is 23.0 Å². The molecule has 0 bridgehead atoms. The lowest BCUT2D eigenvalue weighted by Crippen LogP contribution is -2.10. The van der Waals surface area contributed by atoms with Gasteiger partial charge < -0.3 is 9.47 Å². The zero-order chi connectivity index (χ0) is 17.3. The fourth-order valence-corrected chi connectivity index (χ4v) is 2.51. The Hall–Kier alpha value is -2.55. The Kier molecular flexibility index (Phi) is 4.43. The predicted molar refractivity (Wildman–Crippen MR) is 84.1 cm³/mol. The van der Waals surface area contributed by atoms with Gasteiger partial charge in [-0.25, -0.2) is 14.3 Å². The van der Waals surface area contributed by atoms with Gasteiger partial charge in [0, 0.05) is 5.56 Å². The molecule has 2 aromatic heterocycles. The number of benzene rings is 1. The fourth-order valence-electron chi connectivity index (χ4n) is 2.17. The predicted octanol–water partition coefficient (Wildman–Crippen LogP) is 3.55. The van der Waals surface area contributed by atoms with E-state index in [0.717, 1.165) is 0 Å². The maximum atomic E-state index is 12.4. The first-order valence-electron chi connectivity index (χ1n) is 6.67. The molecule has 0 N–H and O–H groups in total. The minimum atomic E-state index is -2.93. The number of esters is 1. The van der Waals surface area contributed by atoms with Crippen LogP contribution in [0.4, 0.5) is 8.78 Å². The SMILES string of the molecule is COC(=O)c1cc(-c2cccc(OC(F)F)c2)nc2c(Br)cnn12. The van der Waals surface area contributed by atoms with E-state index in [-0.39, 0.29) is 11.4 Å². The van der Waals surface area contributed by atoms with Crippen molar-refractivity contribution >= 4 is 27.5 Å². The van der Waals surface area contributed by atoms with E-state index in [0.29, 0.717) is 21.4 Å². The van der Waals surface area contributed by atoms with Crippen LogP contribution in [0, 0.1) is 0 Å². The third-order valence-corrected chi connectivity index (χ3v) is 3.74. The number of halogens is 3. The van der Waals surface area contributed by atoms with Crippen molar-refractivity contribution in [3.05, 3.63) is 46.7 Å². The molecule has 24 heavy (non-hydrogen) atoms. The number of rotatable bonds is 4. The van der Waals surface area contributed by atoms with Gasteiger partial charge in [-0.1, -0.05) is 12.1 Å². The number of aromatic nitrogens is 3. The Labute approximate surface area is 143 Å². The lowest BCUT2D eigenvalue weighted by atomic mass is 10.1. The number of hydrogen-bond acceptors (Lipinski definition) is 5. The van der Waals surface area contributed by atoms with Crippen molar-refractivity contribution in [3.8, 4) is 17.0 Å². The van der Waals surface area contributed by atoms with Crippen LogP contribution in [-0.2, 0) is 4.74 Å². The third kappa shape index (κ3) is 3.07. The topological polar surface area (TPSA) is 65.7 Å². The molecule has 0 radical (unpaired) electrons. The number of methoxy groups -OCH3 is 1. The van der Waals surface area contributed by atoms with Crippen LogP contribution in [0.3, 0.4) is 0 Å². The van der Waals surface area contributed by atoms with Crippen molar-refractivity contribution in [3.63, 3.8) is 0 Å². The minimum Gasteiger partial charge on any atom is -0.464 e. The standard InChI is InChI=1S/C15H10BrF2N3O3/c1-23-14(22)12-6-11(20-13-10(16)7-19-21(12)13)8-3-2-4-9(5-8)24-15(17)18/h2-7,15H,1H3. The highest BCUT2D eigenvalue weighted by Gasteiger charge is 2.17. The third-order valence-electron chi connectivity index (χ3n) is 3.18. The van der Waals surface area contributed by atoms with Crippen LogP contribution in [0.2, 0.25) is 0 Å². The van der Waals surface area contributed by atoms with Gasteiger partial charge in [0.25, 0.3) is 0 Å². The molecule has 1 aromatic carbocycles. The number of fused-ring (bicyclic) bond motifs is 1. The second kappa shape index (κ2) is 6.52. The van der Waals surface area contributed by atoms with Gasteiger partial charge in [-0.15, -0.1) is 0 Å². The Morgan fingerprint density at radius 2 is 2.12 bits per heavy atom. The fraction of sp³-hybridized carbons (Fsp3) is 0.133. The van der Waals surface area contributed by atoms with Gasteiger partial charge in [0.05, 0.1) is 23.5 Å². The summed E-state index contributed by atoms with van der Waals surface area (Å²) in [5.41, 5.74) is 1.45. The summed E-state index contributed by atoms with van der Waals surface area (Å²) >= 11 is 3.30. The number of hydrogen-bond donors (Lipinski definition) is 0. The molecule has 6 nitrogen and oxygen atoms in total. The van der Waals surface area contributed by atoms with Gasteiger partial charge in [-0.2, -0.15) is 13.9 Å². The molecule has 3 rings (SSSR count). The molecule has 124 valence electrons. The van der Waals surface area contributed by atoms with E-state index in [1.807, 2.05) is 0 Å². The molecule has 0 atom stereocenters. The van der Waals surface area contributed by atoms with Crippen LogP contribution in [0.25, 0.3) is 16.9 Å². The number of alkyl halides is 2. The quantitative estimate of drug-likeness (QED) is 0.629. The van der Waals surface area contributed by atoms with Crippen molar-refractivity contribution in [1.29, 1.82) is 0 Å². The molecule has 9 heteroatoms. The molecule has 2 heterocycles. The van der Waals surface area contributed by atoms with Crippen LogP contribution in [-0.4, -0.2) is 34.3 Å². The summed E-state index contributed by atoms with van der Waals surface area (Å²) in [6.07, 6.45) is 1.49. The van der Waals surface area contributed by atoms with E-state index in [4.69, 9.17) is 4.74 Å². The lowest BCUT2D eigenvalue weighted by molar-refractivity contribution is -0.0498. The summed E-state index contributed by atoms with van der Waals surface area (Å²) in [6, 6.07) is 7.52. The zero-order valence-electron chi connectivity index (χ0n) is 12.2. The van der Waals surface area contributed by atoms with Crippen LogP contribution in [0.5, 0.6) is 5.75 Å². The Morgan fingerprint density at radius 3 is 2.83 bits per heavy atom. The molecule has 0 aliphatic carbocycles. The first-order chi connectivity index (χ1) is 11.5. The van der Waals surface area contributed by atoms with E-state index in [9.17, 15) is 13.6 Å². The van der Waals surface area contributed by atoms with Crippen LogP contribution < -0.4 is 4.74 Å². The van der Waals surface area contributed by atoms with Gasteiger partial charge in [0.1, 0.15) is 5.75 Å². The Morgan fingerprint density at radius 1 is 1.33 bits per heavy atom. The summed E-state index contributed by atoms with van der Waals surface area (Å²) in [5.74, 6) is -0.601. The molecule has 0 spiro atoms. The summed E-state index contributed by atoms with van der Waals surface area (Å²) in [7, 11) is 1.25. The summed E-state index contributed by atoms with van der Waals surface area (Å²) < 4.78 is 35.8. The van der Waals surface area contributed by atoms with Crippen molar-refractivity contribution in [2.75, 3.05) is 7.11 Å². The highest BCUT2D eigenvalue weighted by Crippen LogP contribution is 2.27. The highest BCUT2D eigenvalue weighted by atomic mass is 79.9. The van der Waals surface area contributed by atoms with Gasteiger partial charge in [-0.3, -0.25) is 0 Å². The molecule has 0 saturated heterocycles. The van der Waals surface area contributed by atoms with Crippen LogP contribution in [0.15, 0.2) is 41.0 Å². The minimum absolute atomic E-state index is 0.00337. The molecular formula is C15H10BrF2N3O3. The van der Waals surface area contributed by atoms with Crippen molar-refractivity contribution in [2.24, 2.45) is 0 Å². The van der Waals surface area contributed by atoms with Crippen LogP contribution in [0.1, 0.15) is 10.5 Å². The lowest BCUT2D eigenvalue weighted by Gasteiger charge is -2.09. The normalized spacial score (nSPS) is 11.0. The van der Waals surface area contributed by atoms with Crippen LogP contribution >= 0.6 is 15.9 Å². The summed E-state index contributed by atoms with van der Waals surface area (Å²) in [6.45, 7) is -2.93. The van der Waals surface area contributed by atoms with E-state index < -0.39 is 12.6 Å². The highest BCUT2D eigenvalue weighted by molar-refractivity contribution is 9.10. The molecule has 0 aliphatic rings. The van der Waals surface area contributed by atoms with Crippen molar-refractivity contribution in [2.45, 2.75) is 6.61 Å². The van der Waals surface area contributed by atoms with Gasteiger partial charge in [0.2, 0.25) is 0 Å². The van der Waals surface area contributed by atoms with Gasteiger partial charge in [0.15, 0.2) is 11.3 Å². The second-order valence-corrected chi connectivity index (χ2v) is 5.51. The molecule has 3 aromatic rings. The molecule has 0 saturated carbocycles. The number of nitrogens with zero attached hydrogens (tertiary/aromatic N) is 3. The Bertz CT molecular complexity index is 914. The van der Waals surface area contributed by atoms with E-state index >= 15 is 0 Å². The van der Waals surface area contributed by atoms with E-state index in [2.05, 4.69) is 30.7 Å². The zero-order valence-corrected chi connectivity index (χ0v) is 13.8. The Balaban J connectivity index is 2.16. The number of carbonyl (C=O) groups is 1. The average molecular weight is 398 g/mol.